The Morgan fingerprint density at radius 1 is 1.33 bits per heavy atom. The van der Waals surface area contributed by atoms with Crippen LogP contribution in [0.3, 0.4) is 0 Å². The van der Waals surface area contributed by atoms with Crippen molar-refractivity contribution in [3.63, 3.8) is 0 Å². The molecule has 0 aliphatic heterocycles. The lowest BCUT2D eigenvalue weighted by Gasteiger charge is -2.35. The number of hydrogen-bond donors (Lipinski definition) is 0. The molecule has 2 heteroatoms. The van der Waals surface area contributed by atoms with Crippen molar-refractivity contribution in [2.75, 3.05) is 13.1 Å². The van der Waals surface area contributed by atoms with Crippen molar-refractivity contribution in [1.29, 1.82) is 0 Å². The van der Waals surface area contributed by atoms with Gasteiger partial charge in [0.25, 0.3) is 0 Å². The molecule has 0 radical (unpaired) electrons. The van der Waals surface area contributed by atoms with Crippen molar-refractivity contribution in [3.8, 4) is 0 Å². The molecule has 0 unspecified atom stereocenters. The summed E-state index contributed by atoms with van der Waals surface area (Å²) in [6.07, 6.45) is 3.62. The van der Waals surface area contributed by atoms with E-state index in [-0.39, 0.29) is 5.78 Å². The molecule has 0 aliphatic rings. The summed E-state index contributed by atoms with van der Waals surface area (Å²) in [6, 6.07) is 0. The highest BCUT2D eigenvalue weighted by atomic mass is 16.1. The second-order valence-corrected chi connectivity index (χ2v) is 4.09. The van der Waals surface area contributed by atoms with Crippen LogP contribution in [0.4, 0.5) is 0 Å². The van der Waals surface area contributed by atoms with Gasteiger partial charge in [0, 0.05) is 5.57 Å². The zero-order chi connectivity index (χ0) is 12.1. The molecular weight excluding hydrogens is 186 g/mol. The summed E-state index contributed by atoms with van der Waals surface area (Å²) in [4.78, 5) is 14.3. The average Bonchev–Trinajstić information content (AvgIpc) is 2.18. The smallest absolute Gasteiger partial charge is 0.181 e. The minimum Gasteiger partial charge on any atom is -0.292 e. The minimum atomic E-state index is -0.458. The van der Waals surface area contributed by atoms with E-state index in [1.807, 2.05) is 26.8 Å². The molecule has 0 rings (SSSR count). The number of Topliss-reactive ketones (excluding diaryl/α,β-unsaturated/α-hetero) is 1. The van der Waals surface area contributed by atoms with Crippen LogP contribution in [0.2, 0.25) is 0 Å². The van der Waals surface area contributed by atoms with Gasteiger partial charge in [0.1, 0.15) is 0 Å². The van der Waals surface area contributed by atoms with E-state index < -0.39 is 5.54 Å². The van der Waals surface area contributed by atoms with Crippen LogP contribution in [0.5, 0.6) is 0 Å². The molecule has 0 aromatic carbocycles. The summed E-state index contributed by atoms with van der Waals surface area (Å²) in [7, 11) is 0. The van der Waals surface area contributed by atoms with E-state index in [1.165, 1.54) is 0 Å². The van der Waals surface area contributed by atoms with Crippen LogP contribution < -0.4 is 0 Å². The largest absolute Gasteiger partial charge is 0.292 e. The van der Waals surface area contributed by atoms with Gasteiger partial charge < -0.3 is 0 Å². The molecule has 0 saturated carbocycles. The van der Waals surface area contributed by atoms with Crippen molar-refractivity contribution in [2.45, 2.75) is 40.2 Å². The number of ketones is 1. The van der Waals surface area contributed by atoms with E-state index in [1.54, 1.807) is 6.08 Å². The first-order valence-corrected chi connectivity index (χ1v) is 5.53. The molecule has 0 saturated heterocycles. The van der Waals surface area contributed by atoms with Crippen LogP contribution in [0.25, 0.3) is 0 Å². The van der Waals surface area contributed by atoms with Crippen molar-refractivity contribution in [1.82, 2.24) is 4.90 Å². The van der Waals surface area contributed by atoms with Crippen LogP contribution in [-0.4, -0.2) is 29.3 Å². The fourth-order valence-electron chi connectivity index (χ4n) is 1.83. The molecule has 0 aliphatic carbocycles. The molecule has 0 bridgehead atoms. The zero-order valence-electron chi connectivity index (χ0n) is 10.6. The maximum atomic E-state index is 12.1. The quantitative estimate of drug-likeness (QED) is 0.495. The summed E-state index contributed by atoms with van der Waals surface area (Å²) >= 11 is 0. The summed E-state index contributed by atoms with van der Waals surface area (Å²) in [6.45, 7) is 15.5. The first-order chi connectivity index (χ1) is 6.91. The molecule has 0 amide bonds. The Morgan fingerprint density at radius 3 is 2.13 bits per heavy atom. The van der Waals surface area contributed by atoms with Gasteiger partial charge in [-0.15, -0.1) is 0 Å². The van der Waals surface area contributed by atoms with E-state index in [0.29, 0.717) is 5.57 Å². The Balaban J connectivity index is 4.85. The standard InChI is InChI=1S/C13H23NO/c1-7-10-11(4)12(15)13(5,6)14(8-2)9-3/h7,10H,4,8-9H2,1-3,5-6H3. The Bertz CT molecular complexity index is 260. The lowest BCUT2D eigenvalue weighted by atomic mass is 9.91. The monoisotopic (exact) mass is 209 g/mol. The van der Waals surface area contributed by atoms with Gasteiger partial charge in [-0.25, -0.2) is 0 Å². The lowest BCUT2D eigenvalue weighted by Crippen LogP contribution is -2.50. The fourth-order valence-corrected chi connectivity index (χ4v) is 1.83. The highest BCUT2D eigenvalue weighted by Crippen LogP contribution is 2.19. The van der Waals surface area contributed by atoms with E-state index in [0.717, 1.165) is 13.1 Å². The van der Waals surface area contributed by atoms with Crippen LogP contribution in [0, 0.1) is 0 Å². The highest BCUT2D eigenvalue weighted by Gasteiger charge is 2.33. The Kier molecular flexibility index (Phi) is 5.51. The summed E-state index contributed by atoms with van der Waals surface area (Å²) in [5.41, 5.74) is 0.120. The van der Waals surface area contributed by atoms with Gasteiger partial charge in [-0.2, -0.15) is 0 Å². The van der Waals surface area contributed by atoms with Gasteiger partial charge in [-0.1, -0.05) is 32.6 Å². The van der Waals surface area contributed by atoms with Crippen molar-refractivity contribution in [2.24, 2.45) is 0 Å². The molecule has 0 aromatic rings. The van der Waals surface area contributed by atoms with Gasteiger partial charge in [-0.3, -0.25) is 9.69 Å². The molecule has 0 spiro atoms. The minimum absolute atomic E-state index is 0.101. The van der Waals surface area contributed by atoms with Crippen molar-refractivity contribution < 1.29 is 4.79 Å². The number of allylic oxidation sites excluding steroid dienone is 2. The third kappa shape index (κ3) is 3.31. The molecule has 86 valence electrons. The van der Waals surface area contributed by atoms with Crippen molar-refractivity contribution >= 4 is 5.78 Å². The lowest BCUT2D eigenvalue weighted by molar-refractivity contribution is -0.125. The number of carbonyl (C=O) groups excluding carboxylic acids is 1. The van der Waals surface area contributed by atoms with E-state index in [9.17, 15) is 4.79 Å². The molecular formula is C13H23NO. The normalized spacial score (nSPS) is 12.4. The molecule has 2 nitrogen and oxygen atoms in total. The van der Waals surface area contributed by atoms with Crippen LogP contribution in [0.1, 0.15) is 34.6 Å². The topological polar surface area (TPSA) is 20.3 Å². The van der Waals surface area contributed by atoms with Gasteiger partial charge >= 0.3 is 0 Å². The fraction of sp³-hybridized carbons (Fsp3) is 0.615. The van der Waals surface area contributed by atoms with Gasteiger partial charge in [-0.05, 0) is 33.9 Å². The van der Waals surface area contributed by atoms with Crippen molar-refractivity contribution in [3.05, 3.63) is 24.3 Å². The number of likely N-dealkylation sites (N-methyl/N-ethyl adjacent to an activating group) is 1. The predicted molar refractivity (Wildman–Crippen MR) is 66.0 cm³/mol. The first kappa shape index (κ1) is 14.1. The van der Waals surface area contributed by atoms with Gasteiger partial charge in [0.2, 0.25) is 0 Å². The number of nitrogens with zero attached hydrogens (tertiary/aromatic N) is 1. The summed E-state index contributed by atoms with van der Waals surface area (Å²) in [5.74, 6) is 0.101. The maximum Gasteiger partial charge on any atom is 0.181 e. The van der Waals surface area contributed by atoms with Crippen LogP contribution in [-0.2, 0) is 4.79 Å². The third-order valence-corrected chi connectivity index (χ3v) is 2.77. The molecule has 0 N–H and O–H groups in total. The SMILES string of the molecule is C=C(C=CC)C(=O)C(C)(C)N(CC)CC. The Labute approximate surface area is 93.7 Å². The van der Waals surface area contributed by atoms with E-state index in [4.69, 9.17) is 0 Å². The Hall–Kier alpha value is -0.890. The molecule has 0 heterocycles. The predicted octanol–water partition coefficient (Wildman–Crippen LogP) is 2.81. The summed E-state index contributed by atoms with van der Waals surface area (Å²) < 4.78 is 0. The molecule has 0 aromatic heterocycles. The van der Waals surface area contributed by atoms with Crippen LogP contribution >= 0.6 is 0 Å². The average molecular weight is 209 g/mol. The number of carbonyl (C=O) groups is 1. The third-order valence-electron chi connectivity index (χ3n) is 2.77. The zero-order valence-corrected chi connectivity index (χ0v) is 10.6. The number of hydrogen-bond acceptors (Lipinski definition) is 2. The highest BCUT2D eigenvalue weighted by molar-refractivity contribution is 6.03. The van der Waals surface area contributed by atoms with Crippen LogP contribution in [0.15, 0.2) is 24.3 Å². The van der Waals surface area contributed by atoms with Gasteiger partial charge in [0.15, 0.2) is 5.78 Å². The summed E-state index contributed by atoms with van der Waals surface area (Å²) in [5, 5.41) is 0. The van der Waals surface area contributed by atoms with E-state index in [2.05, 4.69) is 25.3 Å². The Morgan fingerprint density at radius 2 is 1.80 bits per heavy atom. The molecule has 0 atom stereocenters. The first-order valence-electron chi connectivity index (χ1n) is 5.53. The van der Waals surface area contributed by atoms with Gasteiger partial charge in [0.05, 0.1) is 5.54 Å². The maximum absolute atomic E-state index is 12.1. The second kappa shape index (κ2) is 5.86. The molecule has 15 heavy (non-hydrogen) atoms. The van der Waals surface area contributed by atoms with E-state index >= 15 is 0 Å². The second-order valence-electron chi connectivity index (χ2n) is 4.09. The number of rotatable bonds is 6. The molecule has 0 fully saturated rings.